The van der Waals surface area contributed by atoms with Gasteiger partial charge in [0.15, 0.2) is 5.82 Å². The molecule has 0 saturated carbocycles. The van der Waals surface area contributed by atoms with Crippen LogP contribution in [0.4, 0.5) is 0 Å². The lowest BCUT2D eigenvalue weighted by Crippen LogP contribution is -2.27. The van der Waals surface area contributed by atoms with Crippen LogP contribution in [0.5, 0.6) is 0 Å². The van der Waals surface area contributed by atoms with Gasteiger partial charge in [0.25, 0.3) is 0 Å². The average molecular weight is 263 g/mol. The standard InChI is InChI=1S/C12H21N7/c1-12(2,3)11-14-15-16-19(11)9-17(4)7-10-6-13-18(5)8-10/h6,8H,7,9H2,1-5H3. The monoisotopic (exact) mass is 263 g/mol. The summed E-state index contributed by atoms with van der Waals surface area (Å²) in [5.74, 6) is 0.894. The van der Waals surface area contributed by atoms with Gasteiger partial charge in [0.05, 0.1) is 12.9 Å². The molecule has 2 aromatic rings. The van der Waals surface area contributed by atoms with Gasteiger partial charge in [-0.3, -0.25) is 9.58 Å². The maximum atomic E-state index is 4.17. The van der Waals surface area contributed by atoms with Crippen LogP contribution in [-0.4, -0.2) is 41.9 Å². The molecule has 0 unspecified atom stereocenters. The van der Waals surface area contributed by atoms with E-state index in [-0.39, 0.29) is 5.41 Å². The van der Waals surface area contributed by atoms with Crippen molar-refractivity contribution in [3.63, 3.8) is 0 Å². The third-order valence-corrected chi connectivity index (χ3v) is 2.79. The topological polar surface area (TPSA) is 64.7 Å². The van der Waals surface area contributed by atoms with Crippen molar-refractivity contribution in [1.82, 2.24) is 34.9 Å². The van der Waals surface area contributed by atoms with E-state index in [0.29, 0.717) is 6.67 Å². The van der Waals surface area contributed by atoms with Crippen LogP contribution >= 0.6 is 0 Å². The van der Waals surface area contributed by atoms with E-state index in [1.54, 1.807) is 4.68 Å². The first-order valence-electron chi connectivity index (χ1n) is 6.29. The maximum absolute atomic E-state index is 4.17. The Balaban J connectivity index is 2.03. The number of hydrogen-bond acceptors (Lipinski definition) is 5. The third kappa shape index (κ3) is 3.37. The number of aryl methyl sites for hydroxylation is 1. The molecule has 0 aliphatic carbocycles. The molecule has 7 heteroatoms. The van der Waals surface area contributed by atoms with Crippen molar-refractivity contribution >= 4 is 0 Å². The van der Waals surface area contributed by atoms with Gasteiger partial charge in [0, 0.05) is 30.8 Å². The molecular formula is C12H21N7. The summed E-state index contributed by atoms with van der Waals surface area (Å²) in [4.78, 5) is 2.16. The van der Waals surface area contributed by atoms with E-state index in [0.717, 1.165) is 12.4 Å². The summed E-state index contributed by atoms with van der Waals surface area (Å²) < 4.78 is 3.65. The van der Waals surface area contributed by atoms with E-state index in [1.165, 1.54) is 5.56 Å². The van der Waals surface area contributed by atoms with Gasteiger partial charge in [-0.05, 0) is 17.5 Å². The smallest absolute Gasteiger partial charge is 0.158 e. The molecule has 2 rings (SSSR count). The summed E-state index contributed by atoms with van der Waals surface area (Å²) in [6, 6.07) is 0. The lowest BCUT2D eigenvalue weighted by molar-refractivity contribution is 0.233. The van der Waals surface area contributed by atoms with Gasteiger partial charge in [-0.1, -0.05) is 20.8 Å². The molecule has 2 heterocycles. The summed E-state index contributed by atoms with van der Waals surface area (Å²) in [5, 5.41) is 16.1. The Hall–Kier alpha value is -1.76. The summed E-state index contributed by atoms with van der Waals surface area (Å²) >= 11 is 0. The van der Waals surface area contributed by atoms with Gasteiger partial charge in [-0.25, -0.2) is 4.68 Å². The highest BCUT2D eigenvalue weighted by molar-refractivity contribution is 5.03. The van der Waals surface area contributed by atoms with Crippen LogP contribution in [0.2, 0.25) is 0 Å². The van der Waals surface area contributed by atoms with Crippen molar-refractivity contribution in [3.8, 4) is 0 Å². The van der Waals surface area contributed by atoms with Crippen LogP contribution in [0, 0.1) is 0 Å². The Bertz CT molecular complexity index is 534. The van der Waals surface area contributed by atoms with Gasteiger partial charge in [-0.2, -0.15) is 5.10 Å². The number of hydrogen-bond donors (Lipinski definition) is 0. The SMILES string of the molecule is CN(Cc1cnn(C)c1)Cn1nnnc1C(C)(C)C. The van der Waals surface area contributed by atoms with Crippen molar-refractivity contribution in [2.75, 3.05) is 7.05 Å². The van der Waals surface area contributed by atoms with Crippen molar-refractivity contribution in [2.24, 2.45) is 7.05 Å². The molecule has 0 spiro atoms. The minimum absolute atomic E-state index is 0.0569. The van der Waals surface area contributed by atoms with E-state index >= 15 is 0 Å². The molecule has 0 fully saturated rings. The van der Waals surface area contributed by atoms with Crippen molar-refractivity contribution in [1.29, 1.82) is 0 Å². The van der Waals surface area contributed by atoms with Crippen molar-refractivity contribution < 1.29 is 0 Å². The van der Waals surface area contributed by atoms with E-state index in [4.69, 9.17) is 0 Å². The zero-order valence-electron chi connectivity index (χ0n) is 12.2. The third-order valence-electron chi connectivity index (χ3n) is 2.79. The van der Waals surface area contributed by atoms with Crippen molar-refractivity contribution in [3.05, 3.63) is 23.8 Å². The van der Waals surface area contributed by atoms with Crippen LogP contribution in [0.3, 0.4) is 0 Å². The highest BCUT2D eigenvalue weighted by Gasteiger charge is 2.22. The first-order chi connectivity index (χ1) is 8.86. The predicted molar refractivity (Wildman–Crippen MR) is 71.2 cm³/mol. The van der Waals surface area contributed by atoms with E-state index < -0.39 is 0 Å². The zero-order chi connectivity index (χ0) is 14.0. The highest BCUT2D eigenvalue weighted by atomic mass is 15.6. The quantitative estimate of drug-likeness (QED) is 0.816. The molecule has 104 valence electrons. The number of tetrazole rings is 1. The number of rotatable bonds is 4. The maximum Gasteiger partial charge on any atom is 0.158 e. The minimum atomic E-state index is -0.0569. The molecule has 0 bridgehead atoms. The molecule has 0 aliphatic heterocycles. The lowest BCUT2D eigenvalue weighted by atomic mass is 9.96. The second-order valence-corrected chi connectivity index (χ2v) is 5.93. The summed E-state index contributed by atoms with van der Waals surface area (Å²) in [7, 11) is 3.96. The van der Waals surface area contributed by atoms with Crippen LogP contribution < -0.4 is 0 Å². The van der Waals surface area contributed by atoms with Crippen LogP contribution in [-0.2, 0) is 25.7 Å². The normalized spacial score (nSPS) is 12.3. The molecule has 0 aromatic carbocycles. The average Bonchev–Trinajstić information content (AvgIpc) is 2.86. The number of nitrogens with zero attached hydrogens (tertiary/aromatic N) is 7. The van der Waals surface area contributed by atoms with E-state index in [1.807, 2.05) is 31.2 Å². The minimum Gasteiger partial charge on any atom is -0.283 e. The van der Waals surface area contributed by atoms with Gasteiger partial charge in [0.2, 0.25) is 0 Å². The predicted octanol–water partition coefficient (Wildman–Crippen LogP) is 0.794. The largest absolute Gasteiger partial charge is 0.283 e. The first kappa shape index (κ1) is 13.7. The Morgan fingerprint density at radius 3 is 2.63 bits per heavy atom. The Morgan fingerprint density at radius 1 is 1.32 bits per heavy atom. The van der Waals surface area contributed by atoms with Crippen LogP contribution in [0.1, 0.15) is 32.2 Å². The molecule has 7 nitrogen and oxygen atoms in total. The lowest BCUT2D eigenvalue weighted by Gasteiger charge is -2.21. The van der Waals surface area contributed by atoms with Crippen LogP contribution in [0.25, 0.3) is 0 Å². The molecule has 0 N–H and O–H groups in total. The Kier molecular flexibility index (Phi) is 3.66. The number of aromatic nitrogens is 6. The molecule has 0 radical (unpaired) electrons. The molecule has 0 saturated heterocycles. The molecule has 0 aliphatic rings. The molecule has 0 amide bonds. The fourth-order valence-corrected chi connectivity index (χ4v) is 1.98. The van der Waals surface area contributed by atoms with Crippen LogP contribution in [0.15, 0.2) is 12.4 Å². The van der Waals surface area contributed by atoms with Gasteiger partial charge in [-0.15, -0.1) is 5.10 Å². The molecule has 19 heavy (non-hydrogen) atoms. The summed E-state index contributed by atoms with van der Waals surface area (Å²) in [5.41, 5.74) is 1.12. The Morgan fingerprint density at radius 2 is 2.05 bits per heavy atom. The van der Waals surface area contributed by atoms with Gasteiger partial charge in [0.1, 0.15) is 0 Å². The summed E-state index contributed by atoms with van der Waals surface area (Å²) in [6.07, 6.45) is 3.89. The van der Waals surface area contributed by atoms with E-state index in [2.05, 4.69) is 46.3 Å². The second kappa shape index (κ2) is 5.08. The van der Waals surface area contributed by atoms with Crippen molar-refractivity contribution in [2.45, 2.75) is 39.4 Å². The fourth-order valence-electron chi connectivity index (χ4n) is 1.98. The molecular weight excluding hydrogens is 242 g/mol. The fraction of sp³-hybridized carbons (Fsp3) is 0.667. The highest BCUT2D eigenvalue weighted by Crippen LogP contribution is 2.18. The Labute approximate surface area is 113 Å². The first-order valence-corrected chi connectivity index (χ1v) is 6.29. The molecule has 0 atom stereocenters. The summed E-state index contributed by atoms with van der Waals surface area (Å²) in [6.45, 7) is 7.80. The van der Waals surface area contributed by atoms with E-state index in [9.17, 15) is 0 Å². The van der Waals surface area contributed by atoms with Gasteiger partial charge < -0.3 is 0 Å². The van der Waals surface area contributed by atoms with Gasteiger partial charge >= 0.3 is 0 Å². The molecule has 2 aromatic heterocycles. The second-order valence-electron chi connectivity index (χ2n) is 5.93. The zero-order valence-corrected chi connectivity index (χ0v) is 12.2.